The molecule has 1 aromatic carbocycles. The Hall–Kier alpha value is -1.81. The number of hydrogen-bond acceptors (Lipinski definition) is 4. The molecule has 4 nitrogen and oxygen atoms in total. The fourth-order valence-corrected chi connectivity index (χ4v) is 2.15. The number of nitrogens with one attached hydrogen (secondary N) is 1. The molecule has 0 aliphatic rings. The van der Waals surface area contributed by atoms with Crippen LogP contribution < -0.4 is 10.1 Å². The number of halogens is 1. The quantitative estimate of drug-likeness (QED) is 0.918. The first kappa shape index (κ1) is 13.6. The highest BCUT2D eigenvalue weighted by molar-refractivity contribution is 6.30. The molecule has 0 unspecified atom stereocenters. The van der Waals surface area contributed by atoms with E-state index in [1.165, 1.54) is 0 Å². The van der Waals surface area contributed by atoms with Crippen molar-refractivity contribution in [2.45, 2.75) is 20.8 Å². The molecule has 0 aliphatic heterocycles. The van der Waals surface area contributed by atoms with Crippen LogP contribution in [0.3, 0.4) is 0 Å². The summed E-state index contributed by atoms with van der Waals surface area (Å²) in [6, 6.07) is 3.73. The van der Waals surface area contributed by atoms with Crippen molar-refractivity contribution < 1.29 is 4.74 Å². The van der Waals surface area contributed by atoms with Crippen molar-refractivity contribution in [3.63, 3.8) is 0 Å². The number of ether oxygens (including phenoxy) is 1. The van der Waals surface area contributed by atoms with Gasteiger partial charge in [0.2, 0.25) is 5.88 Å². The number of hydrogen-bond donors (Lipinski definition) is 1. The van der Waals surface area contributed by atoms with Crippen LogP contribution in [0.4, 0.5) is 5.82 Å². The van der Waals surface area contributed by atoms with E-state index in [2.05, 4.69) is 15.3 Å². The number of rotatable bonds is 4. The van der Waals surface area contributed by atoms with Crippen LogP contribution in [0.25, 0.3) is 0 Å². The van der Waals surface area contributed by atoms with Gasteiger partial charge in [-0.1, -0.05) is 11.6 Å². The first-order valence-corrected chi connectivity index (χ1v) is 6.48. The molecule has 0 bridgehead atoms. The molecule has 2 rings (SSSR count). The summed E-state index contributed by atoms with van der Waals surface area (Å²) in [6.45, 7) is 6.70. The third kappa shape index (κ3) is 3.35. The summed E-state index contributed by atoms with van der Waals surface area (Å²) in [4.78, 5) is 8.43. The van der Waals surface area contributed by atoms with Crippen molar-refractivity contribution in [3.05, 3.63) is 40.7 Å². The van der Waals surface area contributed by atoms with Gasteiger partial charge in [0, 0.05) is 11.6 Å². The second-order valence-electron chi connectivity index (χ2n) is 4.24. The minimum atomic E-state index is 0.465. The summed E-state index contributed by atoms with van der Waals surface area (Å²) < 4.78 is 5.81. The predicted molar refractivity (Wildman–Crippen MR) is 77.2 cm³/mol. The lowest BCUT2D eigenvalue weighted by Gasteiger charge is -2.12. The van der Waals surface area contributed by atoms with Crippen molar-refractivity contribution in [1.29, 1.82) is 0 Å². The van der Waals surface area contributed by atoms with Crippen LogP contribution in [0.1, 0.15) is 18.1 Å². The smallest absolute Gasteiger partial charge is 0.239 e. The molecular weight excluding hydrogens is 262 g/mol. The maximum absolute atomic E-state index is 6.00. The van der Waals surface area contributed by atoms with E-state index in [4.69, 9.17) is 16.3 Å². The van der Waals surface area contributed by atoms with Gasteiger partial charge in [-0.3, -0.25) is 4.98 Å². The summed E-state index contributed by atoms with van der Waals surface area (Å²) in [5, 5.41) is 3.80. The molecule has 0 aliphatic carbocycles. The van der Waals surface area contributed by atoms with Gasteiger partial charge >= 0.3 is 0 Å². The Morgan fingerprint density at radius 1 is 1.21 bits per heavy atom. The Labute approximate surface area is 117 Å². The lowest BCUT2D eigenvalue weighted by Crippen LogP contribution is -2.01. The van der Waals surface area contributed by atoms with Gasteiger partial charge in [-0.2, -0.15) is 4.98 Å². The van der Waals surface area contributed by atoms with Crippen molar-refractivity contribution >= 4 is 17.4 Å². The van der Waals surface area contributed by atoms with Gasteiger partial charge in [0.1, 0.15) is 11.6 Å². The molecule has 0 fully saturated rings. The van der Waals surface area contributed by atoms with Crippen LogP contribution in [-0.4, -0.2) is 16.5 Å². The molecule has 0 saturated heterocycles. The summed E-state index contributed by atoms with van der Waals surface area (Å²) in [5.74, 6) is 1.93. The maximum Gasteiger partial charge on any atom is 0.239 e. The maximum atomic E-state index is 6.00. The number of anilines is 1. The summed E-state index contributed by atoms with van der Waals surface area (Å²) in [6.07, 6.45) is 3.26. The van der Waals surface area contributed by atoms with Crippen LogP contribution in [0.2, 0.25) is 5.02 Å². The van der Waals surface area contributed by atoms with E-state index < -0.39 is 0 Å². The van der Waals surface area contributed by atoms with Crippen LogP contribution >= 0.6 is 11.6 Å². The standard InChI is InChI=1S/C14H16ClN3O/c1-4-17-12-7-16-8-13(18-12)19-14-9(2)5-11(15)6-10(14)3/h5-8H,4H2,1-3H3,(H,17,18). The van der Waals surface area contributed by atoms with E-state index in [0.29, 0.717) is 16.7 Å². The zero-order valence-corrected chi connectivity index (χ0v) is 12.0. The molecule has 0 amide bonds. The SMILES string of the molecule is CCNc1cncc(Oc2c(C)cc(Cl)cc2C)n1. The minimum Gasteiger partial charge on any atom is -0.437 e. The van der Waals surface area contributed by atoms with Crippen LogP contribution in [0.5, 0.6) is 11.6 Å². The Bertz CT molecular complexity index is 564. The fraction of sp³-hybridized carbons (Fsp3) is 0.286. The fourth-order valence-electron chi connectivity index (χ4n) is 1.83. The Balaban J connectivity index is 2.28. The molecule has 5 heteroatoms. The zero-order chi connectivity index (χ0) is 13.8. The van der Waals surface area contributed by atoms with E-state index in [-0.39, 0.29) is 0 Å². The first-order chi connectivity index (χ1) is 9.10. The monoisotopic (exact) mass is 277 g/mol. The van der Waals surface area contributed by atoms with Gasteiger partial charge < -0.3 is 10.1 Å². The molecule has 0 saturated carbocycles. The van der Waals surface area contributed by atoms with E-state index in [9.17, 15) is 0 Å². The third-order valence-electron chi connectivity index (χ3n) is 2.60. The topological polar surface area (TPSA) is 47.0 Å². The normalized spacial score (nSPS) is 10.3. The molecule has 1 heterocycles. The van der Waals surface area contributed by atoms with Gasteiger partial charge in [0.05, 0.1) is 12.4 Å². The molecule has 0 atom stereocenters. The van der Waals surface area contributed by atoms with Gasteiger partial charge in [-0.15, -0.1) is 0 Å². The molecule has 0 spiro atoms. The Morgan fingerprint density at radius 3 is 2.53 bits per heavy atom. The largest absolute Gasteiger partial charge is 0.437 e. The van der Waals surface area contributed by atoms with Crippen LogP contribution in [0, 0.1) is 13.8 Å². The highest BCUT2D eigenvalue weighted by Gasteiger charge is 2.08. The zero-order valence-electron chi connectivity index (χ0n) is 11.2. The second-order valence-corrected chi connectivity index (χ2v) is 4.68. The molecule has 0 radical (unpaired) electrons. The average Bonchev–Trinajstić information content (AvgIpc) is 2.35. The summed E-state index contributed by atoms with van der Waals surface area (Å²) >= 11 is 6.00. The van der Waals surface area contributed by atoms with E-state index in [1.807, 2.05) is 32.9 Å². The lowest BCUT2D eigenvalue weighted by atomic mass is 10.1. The minimum absolute atomic E-state index is 0.465. The Morgan fingerprint density at radius 2 is 1.89 bits per heavy atom. The summed E-state index contributed by atoms with van der Waals surface area (Å²) in [7, 11) is 0. The number of benzene rings is 1. The van der Waals surface area contributed by atoms with E-state index >= 15 is 0 Å². The number of aromatic nitrogens is 2. The van der Waals surface area contributed by atoms with Crippen LogP contribution in [-0.2, 0) is 0 Å². The molecule has 1 N–H and O–H groups in total. The number of aryl methyl sites for hydroxylation is 2. The van der Waals surface area contributed by atoms with Gasteiger partial charge in [-0.25, -0.2) is 0 Å². The lowest BCUT2D eigenvalue weighted by molar-refractivity contribution is 0.454. The van der Waals surface area contributed by atoms with Gasteiger partial charge in [-0.05, 0) is 44.0 Å². The molecule has 1 aromatic heterocycles. The van der Waals surface area contributed by atoms with Crippen molar-refractivity contribution in [1.82, 2.24) is 9.97 Å². The van der Waals surface area contributed by atoms with E-state index in [1.54, 1.807) is 12.4 Å². The summed E-state index contributed by atoms with van der Waals surface area (Å²) in [5.41, 5.74) is 1.95. The Kier molecular flexibility index (Phi) is 4.22. The van der Waals surface area contributed by atoms with Crippen molar-refractivity contribution in [2.24, 2.45) is 0 Å². The molecule has 19 heavy (non-hydrogen) atoms. The first-order valence-electron chi connectivity index (χ1n) is 6.10. The van der Waals surface area contributed by atoms with Gasteiger partial charge in [0.15, 0.2) is 0 Å². The molecule has 100 valence electrons. The molecular formula is C14H16ClN3O. The third-order valence-corrected chi connectivity index (χ3v) is 2.82. The van der Waals surface area contributed by atoms with Crippen molar-refractivity contribution in [3.8, 4) is 11.6 Å². The van der Waals surface area contributed by atoms with Crippen LogP contribution in [0.15, 0.2) is 24.5 Å². The second kappa shape index (κ2) is 5.89. The average molecular weight is 278 g/mol. The predicted octanol–water partition coefficient (Wildman–Crippen LogP) is 3.97. The van der Waals surface area contributed by atoms with E-state index in [0.717, 1.165) is 23.4 Å². The van der Waals surface area contributed by atoms with Gasteiger partial charge in [0.25, 0.3) is 0 Å². The highest BCUT2D eigenvalue weighted by Crippen LogP contribution is 2.30. The highest BCUT2D eigenvalue weighted by atomic mass is 35.5. The molecule has 2 aromatic rings. The number of nitrogens with zero attached hydrogens (tertiary/aromatic N) is 2. The van der Waals surface area contributed by atoms with Crippen molar-refractivity contribution in [2.75, 3.05) is 11.9 Å².